The Morgan fingerprint density at radius 3 is 2.58 bits per heavy atom. The molecule has 0 atom stereocenters. The summed E-state index contributed by atoms with van der Waals surface area (Å²) in [4.78, 5) is 13.6. The topological polar surface area (TPSA) is 38.8 Å². The molecule has 0 bridgehead atoms. The molecule has 0 aliphatic rings. The summed E-state index contributed by atoms with van der Waals surface area (Å²) in [6.45, 7) is 3.74. The van der Waals surface area contributed by atoms with E-state index >= 15 is 0 Å². The second-order valence-corrected chi connectivity index (χ2v) is 4.43. The van der Waals surface area contributed by atoms with Gasteiger partial charge >= 0.3 is 5.97 Å². The van der Waals surface area contributed by atoms with Gasteiger partial charge in [0.2, 0.25) is 0 Å². The summed E-state index contributed by atoms with van der Waals surface area (Å²) >= 11 is 5.83. The van der Waals surface area contributed by atoms with Crippen LogP contribution >= 0.6 is 11.6 Å². The van der Waals surface area contributed by atoms with Crippen LogP contribution in [-0.4, -0.2) is 39.2 Å². The van der Waals surface area contributed by atoms with Gasteiger partial charge < -0.3 is 14.4 Å². The molecule has 0 saturated carbocycles. The third-order valence-electron chi connectivity index (χ3n) is 2.79. The molecule has 0 aliphatic heterocycles. The van der Waals surface area contributed by atoms with Crippen molar-refractivity contribution >= 4 is 23.3 Å². The number of carbonyl (C=O) groups excluding carboxylic acids is 1. The summed E-state index contributed by atoms with van der Waals surface area (Å²) in [7, 11) is 2.95. The second kappa shape index (κ2) is 7.89. The predicted molar refractivity (Wildman–Crippen MR) is 77.6 cm³/mol. The van der Waals surface area contributed by atoms with Gasteiger partial charge in [-0.05, 0) is 24.6 Å². The Balaban J connectivity index is 3.08. The molecule has 5 heteroatoms. The maximum absolute atomic E-state index is 11.5. The van der Waals surface area contributed by atoms with Crippen molar-refractivity contribution in [2.24, 2.45) is 0 Å². The molecular weight excluding hydrogens is 266 g/mol. The lowest BCUT2D eigenvalue weighted by atomic mass is 10.1. The number of hydrogen-bond donors (Lipinski definition) is 0. The largest absolute Gasteiger partial charge is 0.495 e. The summed E-state index contributed by atoms with van der Waals surface area (Å²) < 4.78 is 10.1. The first-order valence-electron chi connectivity index (χ1n) is 6.25. The minimum absolute atomic E-state index is 0.371. The van der Waals surface area contributed by atoms with Crippen molar-refractivity contribution < 1.29 is 14.3 Å². The molecule has 0 saturated heterocycles. The highest BCUT2D eigenvalue weighted by atomic mass is 35.5. The molecule has 0 radical (unpaired) electrons. The van der Waals surface area contributed by atoms with E-state index in [9.17, 15) is 4.79 Å². The van der Waals surface area contributed by atoms with Crippen LogP contribution in [0.3, 0.4) is 0 Å². The number of carbonyl (C=O) groups is 1. The van der Waals surface area contributed by atoms with E-state index in [0.717, 1.165) is 25.2 Å². The van der Waals surface area contributed by atoms with Gasteiger partial charge in [0.1, 0.15) is 5.75 Å². The zero-order chi connectivity index (χ0) is 14.3. The average Bonchev–Trinajstić information content (AvgIpc) is 2.45. The quantitative estimate of drug-likeness (QED) is 0.570. The van der Waals surface area contributed by atoms with Crippen molar-refractivity contribution in [3.63, 3.8) is 0 Å². The molecule has 1 rings (SSSR count). The molecular formula is C14H20ClNO3. The van der Waals surface area contributed by atoms with Crippen LogP contribution in [0.2, 0.25) is 0 Å². The summed E-state index contributed by atoms with van der Waals surface area (Å²) in [5.41, 5.74) is 1.42. The molecule has 0 spiro atoms. The Hall–Kier alpha value is -1.42. The highest BCUT2D eigenvalue weighted by Crippen LogP contribution is 2.29. The highest BCUT2D eigenvalue weighted by Gasteiger charge is 2.14. The molecule has 0 fully saturated rings. The number of hydrogen-bond acceptors (Lipinski definition) is 4. The number of methoxy groups -OCH3 is 2. The van der Waals surface area contributed by atoms with Crippen molar-refractivity contribution in [1.82, 2.24) is 0 Å². The fraction of sp³-hybridized carbons (Fsp3) is 0.500. The van der Waals surface area contributed by atoms with Crippen LogP contribution < -0.4 is 9.64 Å². The van der Waals surface area contributed by atoms with Crippen molar-refractivity contribution in [2.75, 3.05) is 38.1 Å². The lowest BCUT2D eigenvalue weighted by Gasteiger charge is -2.25. The molecule has 19 heavy (non-hydrogen) atoms. The fourth-order valence-electron chi connectivity index (χ4n) is 1.91. The van der Waals surface area contributed by atoms with Crippen LogP contribution in [0.1, 0.15) is 23.7 Å². The van der Waals surface area contributed by atoms with Crippen LogP contribution in [-0.2, 0) is 4.74 Å². The normalized spacial score (nSPS) is 10.1. The summed E-state index contributed by atoms with van der Waals surface area (Å²) in [6, 6.07) is 5.30. The summed E-state index contributed by atoms with van der Waals surface area (Å²) in [5, 5.41) is 0. The molecule has 0 amide bonds. The summed E-state index contributed by atoms with van der Waals surface area (Å²) in [6.07, 6.45) is 1.01. The number of halogens is 1. The number of ether oxygens (including phenoxy) is 2. The first-order valence-corrected chi connectivity index (χ1v) is 6.78. The summed E-state index contributed by atoms with van der Waals surface area (Å²) in [5.74, 6) is 0.827. The van der Waals surface area contributed by atoms with Gasteiger partial charge in [-0.2, -0.15) is 0 Å². The molecule has 0 aliphatic carbocycles. The van der Waals surface area contributed by atoms with E-state index in [0.29, 0.717) is 17.2 Å². The van der Waals surface area contributed by atoms with Crippen LogP contribution in [0, 0.1) is 0 Å². The van der Waals surface area contributed by atoms with Crippen molar-refractivity contribution in [2.45, 2.75) is 13.3 Å². The van der Waals surface area contributed by atoms with Crippen LogP contribution in [0.25, 0.3) is 0 Å². The van der Waals surface area contributed by atoms with Crippen molar-refractivity contribution in [3.8, 4) is 5.75 Å². The molecule has 0 heterocycles. The lowest BCUT2D eigenvalue weighted by molar-refractivity contribution is 0.0600. The number of alkyl halides is 1. The van der Waals surface area contributed by atoms with Gasteiger partial charge in [0.25, 0.3) is 0 Å². The fourth-order valence-corrected chi connectivity index (χ4v) is 2.11. The Bertz CT molecular complexity index is 417. The minimum Gasteiger partial charge on any atom is -0.495 e. The van der Waals surface area contributed by atoms with Crippen LogP contribution in [0.4, 0.5) is 5.69 Å². The number of esters is 1. The maximum Gasteiger partial charge on any atom is 0.337 e. The van der Waals surface area contributed by atoms with E-state index in [1.165, 1.54) is 7.11 Å². The number of nitrogens with zero attached hydrogens (tertiary/aromatic N) is 1. The number of anilines is 1. The molecule has 106 valence electrons. The van der Waals surface area contributed by atoms with Gasteiger partial charge in [-0.3, -0.25) is 0 Å². The first kappa shape index (κ1) is 15.6. The van der Waals surface area contributed by atoms with Gasteiger partial charge in [0.15, 0.2) is 0 Å². The Kier molecular flexibility index (Phi) is 6.50. The Morgan fingerprint density at radius 2 is 2.05 bits per heavy atom. The smallest absolute Gasteiger partial charge is 0.337 e. The third kappa shape index (κ3) is 4.03. The predicted octanol–water partition coefficient (Wildman–Crippen LogP) is 2.94. The molecule has 0 unspecified atom stereocenters. The maximum atomic E-state index is 11.5. The molecule has 1 aromatic carbocycles. The van der Waals surface area contributed by atoms with Crippen LogP contribution in [0.15, 0.2) is 18.2 Å². The first-order chi connectivity index (χ1) is 9.17. The zero-order valence-electron chi connectivity index (χ0n) is 11.6. The molecule has 4 nitrogen and oxygen atoms in total. The van der Waals surface area contributed by atoms with Gasteiger partial charge in [-0.25, -0.2) is 4.79 Å². The molecule has 1 aromatic rings. The van der Waals surface area contributed by atoms with E-state index in [2.05, 4.69) is 11.8 Å². The standard InChI is InChI=1S/C14H20ClNO3/c1-4-8-16(9-7-15)12-6-5-11(14(17)19-3)10-13(12)18-2/h5-6,10H,4,7-9H2,1-3H3. The zero-order valence-corrected chi connectivity index (χ0v) is 12.4. The van der Waals surface area contributed by atoms with Gasteiger partial charge in [-0.1, -0.05) is 6.92 Å². The Labute approximate surface area is 119 Å². The highest BCUT2D eigenvalue weighted by molar-refractivity contribution is 6.18. The van der Waals surface area contributed by atoms with Gasteiger partial charge in [0, 0.05) is 19.0 Å². The SMILES string of the molecule is CCCN(CCCl)c1ccc(C(=O)OC)cc1OC. The average molecular weight is 286 g/mol. The molecule has 0 N–H and O–H groups in total. The minimum atomic E-state index is -0.371. The van der Waals surface area contributed by atoms with Crippen molar-refractivity contribution in [3.05, 3.63) is 23.8 Å². The Morgan fingerprint density at radius 1 is 1.32 bits per heavy atom. The van der Waals surface area contributed by atoms with Crippen molar-refractivity contribution in [1.29, 1.82) is 0 Å². The van der Waals surface area contributed by atoms with E-state index in [1.807, 2.05) is 6.07 Å². The second-order valence-electron chi connectivity index (χ2n) is 4.05. The van der Waals surface area contributed by atoms with Gasteiger partial charge in [-0.15, -0.1) is 11.6 Å². The van der Waals surface area contributed by atoms with E-state index in [1.54, 1.807) is 19.2 Å². The van der Waals surface area contributed by atoms with E-state index < -0.39 is 0 Å². The third-order valence-corrected chi connectivity index (χ3v) is 2.96. The van der Waals surface area contributed by atoms with Crippen LogP contribution in [0.5, 0.6) is 5.75 Å². The lowest BCUT2D eigenvalue weighted by Crippen LogP contribution is -2.26. The van der Waals surface area contributed by atoms with E-state index in [-0.39, 0.29) is 5.97 Å². The molecule has 0 aromatic heterocycles. The van der Waals surface area contributed by atoms with Gasteiger partial charge in [0.05, 0.1) is 25.5 Å². The monoisotopic (exact) mass is 285 g/mol. The van der Waals surface area contributed by atoms with E-state index in [4.69, 9.17) is 21.1 Å². The number of benzene rings is 1. The number of rotatable bonds is 7.